The molecule has 0 unspecified atom stereocenters. The molecule has 0 bridgehead atoms. The zero-order valence-electron chi connectivity index (χ0n) is 13.7. The van der Waals surface area contributed by atoms with Crippen molar-refractivity contribution in [2.45, 2.75) is 26.7 Å². The van der Waals surface area contributed by atoms with Gasteiger partial charge in [-0.25, -0.2) is 9.97 Å². The van der Waals surface area contributed by atoms with Crippen LogP contribution >= 0.6 is 0 Å². The Morgan fingerprint density at radius 2 is 1.88 bits per heavy atom. The third-order valence-corrected chi connectivity index (χ3v) is 4.60. The molecule has 0 saturated carbocycles. The lowest BCUT2D eigenvalue weighted by Crippen LogP contribution is -2.30. The lowest BCUT2D eigenvalue weighted by Gasteiger charge is -2.28. The molecule has 0 aliphatic heterocycles. The average Bonchev–Trinajstić information content (AvgIpc) is 3.09. The highest BCUT2D eigenvalue weighted by Crippen LogP contribution is 2.35. The van der Waals surface area contributed by atoms with Gasteiger partial charge in [0.2, 0.25) is 5.89 Å². The second-order valence-electron chi connectivity index (χ2n) is 6.80. The number of oxazole rings is 1. The number of pyridine rings is 1. The van der Waals surface area contributed by atoms with Crippen LogP contribution < -0.4 is 0 Å². The Hall–Kier alpha value is -2.75. The number of rotatable bonds is 2. The zero-order valence-corrected chi connectivity index (χ0v) is 13.7. The molecule has 1 aliphatic carbocycles. The Balaban J connectivity index is 1.70. The number of hydrogen-bond acceptors (Lipinski definition) is 4. The number of benzene rings is 1. The normalized spacial score (nSPS) is 16.0. The molecule has 2 aromatic heterocycles. The molecule has 4 rings (SSSR count). The summed E-state index contributed by atoms with van der Waals surface area (Å²) in [5.41, 5.74) is 2.94. The van der Waals surface area contributed by atoms with Crippen LogP contribution in [0, 0.1) is 5.41 Å². The fraction of sp³-hybridized carbons (Fsp3) is 0.250. The van der Waals surface area contributed by atoms with Crippen molar-refractivity contribution in [3.8, 4) is 22.9 Å². The van der Waals surface area contributed by atoms with E-state index >= 15 is 0 Å². The van der Waals surface area contributed by atoms with Crippen molar-refractivity contribution in [3.05, 3.63) is 59.9 Å². The van der Waals surface area contributed by atoms with Gasteiger partial charge in [-0.15, -0.1) is 0 Å². The first-order valence-electron chi connectivity index (χ1n) is 8.11. The molecule has 120 valence electrons. The van der Waals surface area contributed by atoms with E-state index in [0.29, 0.717) is 11.7 Å². The number of aromatic nitrogens is 2. The van der Waals surface area contributed by atoms with Crippen molar-refractivity contribution in [3.63, 3.8) is 0 Å². The van der Waals surface area contributed by atoms with Gasteiger partial charge in [0, 0.05) is 16.5 Å². The highest BCUT2D eigenvalue weighted by molar-refractivity contribution is 6.02. The van der Waals surface area contributed by atoms with E-state index in [2.05, 4.69) is 9.97 Å². The van der Waals surface area contributed by atoms with Crippen LogP contribution in [0.3, 0.4) is 0 Å². The largest absolute Gasteiger partial charge is 0.434 e. The van der Waals surface area contributed by atoms with Crippen LogP contribution in [0.15, 0.2) is 53.1 Å². The van der Waals surface area contributed by atoms with Crippen LogP contribution in [0.1, 0.15) is 36.3 Å². The van der Waals surface area contributed by atoms with E-state index in [1.165, 1.54) is 0 Å². The highest BCUT2D eigenvalue weighted by atomic mass is 16.4. The minimum absolute atomic E-state index is 0.172. The van der Waals surface area contributed by atoms with Crippen LogP contribution in [0.2, 0.25) is 0 Å². The van der Waals surface area contributed by atoms with Crippen LogP contribution in [0.5, 0.6) is 0 Å². The molecular weight excluding hydrogens is 300 g/mol. The van der Waals surface area contributed by atoms with Crippen molar-refractivity contribution >= 4 is 5.78 Å². The van der Waals surface area contributed by atoms with Crippen molar-refractivity contribution in [1.29, 1.82) is 0 Å². The summed E-state index contributed by atoms with van der Waals surface area (Å²) < 4.78 is 5.86. The fourth-order valence-corrected chi connectivity index (χ4v) is 3.05. The van der Waals surface area contributed by atoms with Gasteiger partial charge < -0.3 is 4.42 Å². The second-order valence-corrected chi connectivity index (χ2v) is 6.80. The highest BCUT2D eigenvalue weighted by Gasteiger charge is 2.35. The van der Waals surface area contributed by atoms with Gasteiger partial charge in [-0.3, -0.25) is 4.79 Å². The van der Waals surface area contributed by atoms with E-state index in [4.69, 9.17) is 4.42 Å². The van der Waals surface area contributed by atoms with E-state index < -0.39 is 0 Å². The summed E-state index contributed by atoms with van der Waals surface area (Å²) >= 11 is 0. The van der Waals surface area contributed by atoms with Crippen LogP contribution in [-0.2, 0) is 6.42 Å². The van der Waals surface area contributed by atoms with Gasteiger partial charge in [0.25, 0.3) is 0 Å². The van der Waals surface area contributed by atoms with Gasteiger partial charge in [0.1, 0.15) is 5.69 Å². The Kier molecular flexibility index (Phi) is 3.34. The number of hydrogen-bond donors (Lipinski definition) is 0. The molecule has 2 heterocycles. The predicted molar refractivity (Wildman–Crippen MR) is 91.6 cm³/mol. The summed E-state index contributed by atoms with van der Waals surface area (Å²) in [5, 5.41) is 0. The molecule has 1 aliphatic rings. The molecule has 0 N–H and O–H groups in total. The summed E-state index contributed by atoms with van der Waals surface area (Å²) in [6, 6.07) is 13.5. The number of aryl methyl sites for hydroxylation is 1. The van der Waals surface area contributed by atoms with Crippen molar-refractivity contribution in [2.75, 3.05) is 0 Å². The minimum Gasteiger partial charge on any atom is -0.434 e. The number of carbonyl (C=O) groups is 1. The third-order valence-electron chi connectivity index (χ3n) is 4.60. The van der Waals surface area contributed by atoms with Gasteiger partial charge in [0.05, 0.1) is 11.9 Å². The molecule has 0 fully saturated rings. The number of fused-ring (bicyclic) bond motifs is 1. The van der Waals surface area contributed by atoms with Crippen LogP contribution in [0.25, 0.3) is 22.9 Å². The van der Waals surface area contributed by atoms with Gasteiger partial charge in [-0.05, 0) is 37.1 Å². The topological polar surface area (TPSA) is 56.0 Å². The lowest BCUT2D eigenvalue weighted by atomic mass is 9.75. The van der Waals surface area contributed by atoms with Crippen molar-refractivity contribution in [2.24, 2.45) is 5.41 Å². The molecule has 0 saturated heterocycles. The molecule has 0 atom stereocenters. The molecular formula is C20H18N2O2. The van der Waals surface area contributed by atoms with Gasteiger partial charge in [-0.1, -0.05) is 32.0 Å². The molecule has 1 aromatic carbocycles. The maximum absolute atomic E-state index is 12.5. The van der Waals surface area contributed by atoms with Gasteiger partial charge >= 0.3 is 0 Å². The number of nitrogens with zero attached hydrogens (tertiary/aromatic N) is 2. The van der Waals surface area contributed by atoms with E-state index in [-0.39, 0.29) is 11.2 Å². The van der Waals surface area contributed by atoms with Crippen LogP contribution in [-0.4, -0.2) is 15.8 Å². The molecule has 0 amide bonds. The first-order chi connectivity index (χ1) is 11.5. The summed E-state index contributed by atoms with van der Waals surface area (Å²) in [7, 11) is 0. The summed E-state index contributed by atoms with van der Waals surface area (Å²) in [4.78, 5) is 21.5. The SMILES string of the molecule is CC1(C)CCc2nc(-c3cnc(-c4ccccc4)o3)ccc2C1=O. The van der Waals surface area contributed by atoms with Crippen molar-refractivity contribution in [1.82, 2.24) is 9.97 Å². The van der Waals surface area contributed by atoms with Crippen molar-refractivity contribution < 1.29 is 9.21 Å². The molecule has 3 aromatic rings. The molecule has 0 radical (unpaired) electrons. The average molecular weight is 318 g/mol. The minimum atomic E-state index is -0.303. The second kappa shape index (κ2) is 5.41. The lowest BCUT2D eigenvalue weighted by molar-refractivity contribution is 0.0809. The quantitative estimate of drug-likeness (QED) is 0.695. The van der Waals surface area contributed by atoms with E-state index in [0.717, 1.165) is 35.4 Å². The Morgan fingerprint density at radius 1 is 1.08 bits per heavy atom. The number of ketones is 1. The molecule has 0 spiro atoms. The monoisotopic (exact) mass is 318 g/mol. The Morgan fingerprint density at radius 3 is 2.67 bits per heavy atom. The van der Waals surface area contributed by atoms with Gasteiger partial charge in [0.15, 0.2) is 11.5 Å². The standard InChI is InChI=1S/C20H18N2O2/c1-20(2)11-10-15-14(18(20)23)8-9-16(22-15)17-12-21-19(24-17)13-6-4-3-5-7-13/h3-9,12H,10-11H2,1-2H3. The zero-order chi connectivity index (χ0) is 16.7. The first-order valence-corrected chi connectivity index (χ1v) is 8.11. The summed E-state index contributed by atoms with van der Waals surface area (Å²) in [5.74, 6) is 1.36. The van der Waals surface area contributed by atoms with Crippen LogP contribution in [0.4, 0.5) is 0 Å². The fourth-order valence-electron chi connectivity index (χ4n) is 3.05. The summed E-state index contributed by atoms with van der Waals surface area (Å²) in [6.07, 6.45) is 3.31. The molecule has 24 heavy (non-hydrogen) atoms. The third kappa shape index (κ3) is 2.44. The number of Topliss-reactive ketones (excluding diaryl/α,β-unsaturated/α-hetero) is 1. The number of carbonyl (C=O) groups excluding carboxylic acids is 1. The predicted octanol–water partition coefficient (Wildman–Crippen LogP) is 4.56. The maximum atomic E-state index is 12.5. The van der Waals surface area contributed by atoms with Gasteiger partial charge in [-0.2, -0.15) is 0 Å². The molecule has 4 heteroatoms. The smallest absolute Gasteiger partial charge is 0.226 e. The molecule has 4 nitrogen and oxygen atoms in total. The maximum Gasteiger partial charge on any atom is 0.226 e. The van der Waals surface area contributed by atoms with E-state index in [9.17, 15) is 4.79 Å². The first kappa shape index (κ1) is 14.8. The van der Waals surface area contributed by atoms with E-state index in [1.807, 2.05) is 56.3 Å². The summed E-state index contributed by atoms with van der Waals surface area (Å²) in [6.45, 7) is 3.99. The Labute approximate surface area is 140 Å². The van der Waals surface area contributed by atoms with E-state index in [1.54, 1.807) is 6.20 Å². The Bertz CT molecular complexity index is 910.